The molecule has 4 aromatic rings. The second-order valence-corrected chi connectivity index (χ2v) is 7.51. The summed E-state index contributed by atoms with van der Waals surface area (Å²) in [6.07, 6.45) is 0. The largest absolute Gasteiger partial charge is 0.367 e. The maximum absolute atomic E-state index is 12.7. The van der Waals surface area contributed by atoms with Crippen LogP contribution in [0, 0.1) is 13.8 Å². The van der Waals surface area contributed by atoms with Crippen LogP contribution in [0.1, 0.15) is 33.1 Å². The van der Waals surface area contributed by atoms with E-state index in [1.165, 1.54) is 4.80 Å². The van der Waals surface area contributed by atoms with Crippen LogP contribution in [0.5, 0.6) is 0 Å². The van der Waals surface area contributed by atoms with Crippen LogP contribution < -0.4 is 11.1 Å². The Morgan fingerprint density at radius 3 is 2.19 bits per heavy atom. The standard InChI is InChI=1S/C24H22N6O2/c1-15-7-11-17(12-8-15)21(22(25)31)30-28-23(27-29-30)19-5-3-4-6-20(19)26-24(32)18-13-9-16(2)10-14-18/h3-14,21H,1-2H3,(H2,25,31)(H,26,32). The molecule has 0 aliphatic rings. The number of nitrogens with one attached hydrogen (secondary N) is 1. The minimum Gasteiger partial charge on any atom is -0.367 e. The zero-order chi connectivity index (χ0) is 22.7. The van der Waals surface area contributed by atoms with Gasteiger partial charge in [-0.1, -0.05) is 59.7 Å². The quantitative estimate of drug-likeness (QED) is 0.491. The molecule has 1 heterocycles. The van der Waals surface area contributed by atoms with Crippen molar-refractivity contribution in [2.45, 2.75) is 19.9 Å². The van der Waals surface area contributed by atoms with Crippen molar-refractivity contribution in [3.63, 3.8) is 0 Å². The molecule has 8 heteroatoms. The molecule has 8 nitrogen and oxygen atoms in total. The maximum Gasteiger partial charge on any atom is 0.255 e. The number of primary amides is 1. The summed E-state index contributed by atoms with van der Waals surface area (Å²) in [4.78, 5) is 26.0. The van der Waals surface area contributed by atoms with Gasteiger partial charge in [0, 0.05) is 11.1 Å². The Morgan fingerprint density at radius 1 is 0.906 bits per heavy atom. The van der Waals surface area contributed by atoms with Gasteiger partial charge in [-0.05, 0) is 48.9 Å². The molecule has 0 saturated heterocycles. The van der Waals surface area contributed by atoms with Crippen molar-refractivity contribution in [3.05, 3.63) is 95.1 Å². The van der Waals surface area contributed by atoms with E-state index in [1.807, 2.05) is 56.3 Å². The maximum atomic E-state index is 12.7. The van der Waals surface area contributed by atoms with E-state index in [4.69, 9.17) is 5.73 Å². The highest BCUT2D eigenvalue weighted by molar-refractivity contribution is 6.06. The van der Waals surface area contributed by atoms with Gasteiger partial charge in [0.2, 0.25) is 11.7 Å². The number of para-hydroxylation sites is 1. The molecule has 2 amide bonds. The van der Waals surface area contributed by atoms with Crippen molar-refractivity contribution in [1.29, 1.82) is 0 Å². The normalized spacial score (nSPS) is 11.7. The van der Waals surface area contributed by atoms with Gasteiger partial charge in [-0.2, -0.15) is 0 Å². The number of rotatable bonds is 6. The number of aromatic nitrogens is 4. The van der Waals surface area contributed by atoms with Crippen LogP contribution in [0.2, 0.25) is 0 Å². The minimum absolute atomic E-state index is 0.250. The Morgan fingerprint density at radius 2 is 1.53 bits per heavy atom. The van der Waals surface area contributed by atoms with Crippen molar-refractivity contribution >= 4 is 17.5 Å². The Balaban J connectivity index is 1.64. The summed E-state index contributed by atoms with van der Waals surface area (Å²) in [5.74, 6) is -0.582. The first-order valence-electron chi connectivity index (χ1n) is 10.0. The third-order valence-corrected chi connectivity index (χ3v) is 5.05. The summed E-state index contributed by atoms with van der Waals surface area (Å²) in [5.41, 5.74) is 10.1. The predicted molar refractivity (Wildman–Crippen MR) is 121 cm³/mol. The van der Waals surface area contributed by atoms with E-state index < -0.39 is 11.9 Å². The molecule has 1 unspecified atom stereocenters. The number of hydrogen-bond donors (Lipinski definition) is 2. The molecule has 3 aromatic carbocycles. The van der Waals surface area contributed by atoms with E-state index in [-0.39, 0.29) is 11.7 Å². The molecule has 1 atom stereocenters. The molecule has 0 aliphatic carbocycles. The number of benzene rings is 3. The second-order valence-electron chi connectivity index (χ2n) is 7.51. The summed E-state index contributed by atoms with van der Waals surface area (Å²) >= 11 is 0. The highest BCUT2D eigenvalue weighted by Crippen LogP contribution is 2.26. The molecule has 0 fully saturated rings. The first-order chi connectivity index (χ1) is 15.4. The summed E-state index contributed by atoms with van der Waals surface area (Å²) in [7, 11) is 0. The van der Waals surface area contributed by atoms with Crippen molar-refractivity contribution in [2.75, 3.05) is 5.32 Å². The molecule has 4 rings (SSSR count). The van der Waals surface area contributed by atoms with E-state index in [1.54, 1.807) is 30.3 Å². The number of nitrogens with zero attached hydrogens (tertiary/aromatic N) is 4. The fourth-order valence-electron chi connectivity index (χ4n) is 3.29. The predicted octanol–water partition coefficient (Wildman–Crippen LogP) is 3.28. The van der Waals surface area contributed by atoms with Gasteiger partial charge in [0.25, 0.3) is 5.91 Å². The second kappa shape index (κ2) is 8.81. The van der Waals surface area contributed by atoms with Gasteiger partial charge in [0.05, 0.1) is 5.69 Å². The summed E-state index contributed by atoms with van der Waals surface area (Å²) in [5, 5.41) is 15.5. The third kappa shape index (κ3) is 4.39. The fourth-order valence-corrected chi connectivity index (χ4v) is 3.29. The number of tetrazole rings is 1. The Bertz CT molecular complexity index is 1260. The molecule has 1 aromatic heterocycles. The lowest BCUT2D eigenvalue weighted by molar-refractivity contribution is -0.120. The number of amides is 2. The lowest BCUT2D eigenvalue weighted by Gasteiger charge is -2.12. The van der Waals surface area contributed by atoms with Crippen molar-refractivity contribution < 1.29 is 9.59 Å². The van der Waals surface area contributed by atoms with E-state index in [0.717, 1.165) is 11.1 Å². The molecule has 0 radical (unpaired) electrons. The monoisotopic (exact) mass is 426 g/mol. The van der Waals surface area contributed by atoms with E-state index in [0.29, 0.717) is 22.4 Å². The number of carbonyl (C=O) groups excluding carboxylic acids is 2. The van der Waals surface area contributed by atoms with Gasteiger partial charge in [-0.15, -0.1) is 15.0 Å². The summed E-state index contributed by atoms with van der Waals surface area (Å²) in [6.45, 7) is 3.92. The lowest BCUT2D eigenvalue weighted by Crippen LogP contribution is -2.29. The van der Waals surface area contributed by atoms with Crippen LogP contribution in [0.25, 0.3) is 11.4 Å². The summed E-state index contributed by atoms with van der Waals surface area (Å²) < 4.78 is 0. The van der Waals surface area contributed by atoms with Crippen LogP contribution >= 0.6 is 0 Å². The third-order valence-electron chi connectivity index (χ3n) is 5.05. The van der Waals surface area contributed by atoms with Crippen LogP contribution in [0.4, 0.5) is 5.69 Å². The zero-order valence-electron chi connectivity index (χ0n) is 17.7. The molecular formula is C24H22N6O2. The van der Waals surface area contributed by atoms with E-state index in [9.17, 15) is 9.59 Å². The van der Waals surface area contributed by atoms with Crippen molar-refractivity contribution in [1.82, 2.24) is 20.2 Å². The highest BCUT2D eigenvalue weighted by atomic mass is 16.2. The lowest BCUT2D eigenvalue weighted by atomic mass is 10.1. The zero-order valence-corrected chi connectivity index (χ0v) is 17.7. The number of hydrogen-bond acceptors (Lipinski definition) is 5. The minimum atomic E-state index is -0.897. The van der Waals surface area contributed by atoms with Gasteiger partial charge in [-0.3, -0.25) is 9.59 Å². The molecular weight excluding hydrogens is 404 g/mol. The van der Waals surface area contributed by atoms with E-state index in [2.05, 4.69) is 20.7 Å². The Hall–Kier alpha value is -4.33. The number of nitrogens with two attached hydrogens (primary N) is 1. The SMILES string of the molecule is Cc1ccc(C(=O)Nc2ccccc2-c2nnn(C(C(N)=O)c3ccc(C)cc3)n2)cc1. The molecule has 0 bridgehead atoms. The van der Waals surface area contributed by atoms with Gasteiger partial charge in [0.15, 0.2) is 6.04 Å². The molecule has 0 saturated carbocycles. The Labute approximate surface area is 185 Å². The van der Waals surface area contributed by atoms with Crippen molar-refractivity contribution in [2.24, 2.45) is 5.73 Å². The number of carbonyl (C=O) groups is 2. The first-order valence-corrected chi connectivity index (χ1v) is 10.0. The van der Waals surface area contributed by atoms with Crippen molar-refractivity contribution in [3.8, 4) is 11.4 Å². The van der Waals surface area contributed by atoms with Crippen LogP contribution in [-0.2, 0) is 4.79 Å². The number of anilines is 1. The molecule has 3 N–H and O–H groups in total. The van der Waals surface area contributed by atoms with Crippen LogP contribution in [0.3, 0.4) is 0 Å². The molecule has 32 heavy (non-hydrogen) atoms. The van der Waals surface area contributed by atoms with E-state index >= 15 is 0 Å². The van der Waals surface area contributed by atoms with Gasteiger partial charge >= 0.3 is 0 Å². The Kier molecular flexibility index (Phi) is 5.76. The summed E-state index contributed by atoms with van der Waals surface area (Å²) in [6, 6.07) is 20.9. The van der Waals surface area contributed by atoms with Crippen LogP contribution in [-0.4, -0.2) is 32.0 Å². The molecule has 0 spiro atoms. The molecule has 0 aliphatic heterocycles. The van der Waals surface area contributed by atoms with Gasteiger partial charge < -0.3 is 11.1 Å². The van der Waals surface area contributed by atoms with Crippen LogP contribution in [0.15, 0.2) is 72.8 Å². The first kappa shape index (κ1) is 20.9. The average molecular weight is 426 g/mol. The number of aryl methyl sites for hydroxylation is 2. The smallest absolute Gasteiger partial charge is 0.255 e. The fraction of sp³-hybridized carbons (Fsp3) is 0.125. The average Bonchev–Trinajstić information content (AvgIpc) is 3.25. The highest BCUT2D eigenvalue weighted by Gasteiger charge is 2.24. The topological polar surface area (TPSA) is 116 Å². The van der Waals surface area contributed by atoms with Gasteiger partial charge in [-0.25, -0.2) is 0 Å². The molecule has 160 valence electrons. The van der Waals surface area contributed by atoms with Gasteiger partial charge in [0.1, 0.15) is 0 Å².